The number of carbonyl (C=O) groups excluding carboxylic acids is 1. The molecule has 0 heterocycles. The first-order chi connectivity index (χ1) is 18.2. The maximum absolute atomic E-state index is 12.2. The lowest BCUT2D eigenvalue weighted by atomic mass is 10.0. The molecule has 0 aliphatic heterocycles. The highest BCUT2D eigenvalue weighted by Crippen LogP contribution is 2.13. The molecule has 0 spiro atoms. The highest BCUT2D eigenvalue weighted by atomic mass is 16.3. The summed E-state index contributed by atoms with van der Waals surface area (Å²) in [4.78, 5) is 12.2. The number of carbonyl (C=O) groups is 1. The fraction of sp³-hybridized carbons (Fsp3) is 0.909. The second-order valence-electron chi connectivity index (χ2n) is 11.2. The SMILES string of the molecule is CCCCCCCC/C=C\CCCCCCCCCCCC(=O)NC(CO)C(O)CCCCCCCC. The number of rotatable bonds is 29. The van der Waals surface area contributed by atoms with Crippen molar-refractivity contribution in [1.29, 1.82) is 0 Å². The normalized spacial score (nSPS) is 13.3. The minimum absolute atomic E-state index is 0.0398. The quantitative estimate of drug-likeness (QED) is 0.0676. The van der Waals surface area contributed by atoms with E-state index in [0.717, 1.165) is 25.7 Å². The number of hydrogen-bond acceptors (Lipinski definition) is 3. The lowest BCUT2D eigenvalue weighted by Crippen LogP contribution is -2.45. The zero-order valence-electron chi connectivity index (χ0n) is 25.0. The van der Waals surface area contributed by atoms with Crippen molar-refractivity contribution in [3.05, 3.63) is 12.2 Å². The number of allylic oxidation sites excluding steroid dienone is 2. The maximum atomic E-state index is 12.2. The molecule has 1 amide bonds. The number of amides is 1. The zero-order valence-corrected chi connectivity index (χ0v) is 25.0. The molecule has 0 bridgehead atoms. The van der Waals surface area contributed by atoms with Gasteiger partial charge in [0.2, 0.25) is 5.91 Å². The summed E-state index contributed by atoms with van der Waals surface area (Å²) in [7, 11) is 0. The first kappa shape index (κ1) is 36.1. The van der Waals surface area contributed by atoms with Crippen LogP contribution >= 0.6 is 0 Å². The van der Waals surface area contributed by atoms with Gasteiger partial charge in [0.05, 0.1) is 18.8 Å². The van der Waals surface area contributed by atoms with Crippen LogP contribution in [0, 0.1) is 0 Å². The number of aliphatic hydroxyl groups is 2. The van der Waals surface area contributed by atoms with Crippen molar-refractivity contribution in [3.8, 4) is 0 Å². The van der Waals surface area contributed by atoms with Crippen molar-refractivity contribution < 1.29 is 15.0 Å². The van der Waals surface area contributed by atoms with Crippen molar-refractivity contribution in [2.75, 3.05) is 6.61 Å². The van der Waals surface area contributed by atoms with Crippen molar-refractivity contribution >= 4 is 5.91 Å². The van der Waals surface area contributed by atoms with Gasteiger partial charge in [0.25, 0.3) is 0 Å². The minimum Gasteiger partial charge on any atom is -0.394 e. The molecule has 0 rings (SSSR count). The summed E-state index contributed by atoms with van der Waals surface area (Å²) in [6.07, 6.45) is 34.2. The second-order valence-corrected chi connectivity index (χ2v) is 11.2. The third-order valence-electron chi connectivity index (χ3n) is 7.53. The molecule has 2 atom stereocenters. The van der Waals surface area contributed by atoms with Crippen molar-refractivity contribution in [1.82, 2.24) is 5.32 Å². The Bertz CT molecular complexity index is 494. The lowest BCUT2D eigenvalue weighted by Gasteiger charge is -2.22. The molecule has 0 radical (unpaired) electrons. The number of nitrogens with one attached hydrogen (secondary N) is 1. The van der Waals surface area contributed by atoms with Gasteiger partial charge in [0.1, 0.15) is 0 Å². The van der Waals surface area contributed by atoms with E-state index in [0.29, 0.717) is 12.8 Å². The van der Waals surface area contributed by atoms with Gasteiger partial charge in [0.15, 0.2) is 0 Å². The van der Waals surface area contributed by atoms with E-state index in [-0.39, 0.29) is 12.5 Å². The highest BCUT2D eigenvalue weighted by molar-refractivity contribution is 5.76. The van der Waals surface area contributed by atoms with E-state index < -0.39 is 12.1 Å². The Hall–Kier alpha value is -0.870. The Morgan fingerprint density at radius 1 is 0.622 bits per heavy atom. The van der Waals surface area contributed by atoms with Gasteiger partial charge in [-0.1, -0.05) is 142 Å². The fourth-order valence-corrected chi connectivity index (χ4v) is 4.94. The third kappa shape index (κ3) is 26.5. The topological polar surface area (TPSA) is 69.6 Å². The molecule has 0 aromatic heterocycles. The van der Waals surface area contributed by atoms with Gasteiger partial charge in [-0.2, -0.15) is 0 Å². The van der Waals surface area contributed by atoms with Gasteiger partial charge in [0, 0.05) is 6.42 Å². The van der Waals surface area contributed by atoms with Crippen LogP contribution in [0.1, 0.15) is 174 Å². The number of unbranched alkanes of at least 4 members (excludes halogenated alkanes) is 20. The van der Waals surface area contributed by atoms with Crippen molar-refractivity contribution in [2.45, 2.75) is 187 Å². The largest absolute Gasteiger partial charge is 0.394 e. The summed E-state index contributed by atoms with van der Waals surface area (Å²) >= 11 is 0. The van der Waals surface area contributed by atoms with Crippen molar-refractivity contribution in [2.24, 2.45) is 0 Å². The molecule has 0 aliphatic carbocycles. The fourth-order valence-electron chi connectivity index (χ4n) is 4.94. The van der Waals surface area contributed by atoms with Gasteiger partial charge in [-0.3, -0.25) is 4.79 Å². The van der Waals surface area contributed by atoms with Crippen LogP contribution in [-0.4, -0.2) is 34.9 Å². The van der Waals surface area contributed by atoms with Crippen LogP contribution in [0.5, 0.6) is 0 Å². The summed E-state index contributed by atoms with van der Waals surface area (Å²) in [5.41, 5.74) is 0. The predicted octanol–water partition coefficient (Wildman–Crippen LogP) is 9.17. The van der Waals surface area contributed by atoms with Crippen LogP contribution in [0.2, 0.25) is 0 Å². The second kappa shape index (κ2) is 29.7. The van der Waals surface area contributed by atoms with Crippen LogP contribution in [0.3, 0.4) is 0 Å². The molecule has 220 valence electrons. The third-order valence-corrected chi connectivity index (χ3v) is 7.53. The molecule has 37 heavy (non-hydrogen) atoms. The van der Waals surface area contributed by atoms with Crippen molar-refractivity contribution in [3.63, 3.8) is 0 Å². The van der Waals surface area contributed by atoms with Gasteiger partial charge in [-0.05, 0) is 38.5 Å². The molecule has 0 fully saturated rings. The Morgan fingerprint density at radius 3 is 1.49 bits per heavy atom. The Balaban J connectivity index is 3.49. The van der Waals surface area contributed by atoms with Crippen LogP contribution in [0.4, 0.5) is 0 Å². The smallest absolute Gasteiger partial charge is 0.220 e. The molecule has 0 aromatic carbocycles. The van der Waals surface area contributed by atoms with Crippen LogP contribution in [0.25, 0.3) is 0 Å². The summed E-state index contributed by atoms with van der Waals surface area (Å²) < 4.78 is 0. The minimum atomic E-state index is -0.652. The number of hydrogen-bond donors (Lipinski definition) is 3. The summed E-state index contributed by atoms with van der Waals surface area (Å²) in [6, 6.07) is -0.529. The van der Waals surface area contributed by atoms with Crippen LogP contribution < -0.4 is 5.32 Å². The van der Waals surface area contributed by atoms with E-state index in [2.05, 4.69) is 31.3 Å². The average Bonchev–Trinajstić information content (AvgIpc) is 2.90. The molecule has 2 unspecified atom stereocenters. The van der Waals surface area contributed by atoms with E-state index in [4.69, 9.17) is 0 Å². The Morgan fingerprint density at radius 2 is 1.03 bits per heavy atom. The monoisotopic (exact) mass is 523 g/mol. The van der Waals surface area contributed by atoms with Crippen LogP contribution in [-0.2, 0) is 4.79 Å². The van der Waals surface area contributed by atoms with Crippen LogP contribution in [0.15, 0.2) is 12.2 Å². The molecule has 4 nitrogen and oxygen atoms in total. The molecular formula is C33H65NO3. The molecule has 0 aromatic rings. The van der Waals surface area contributed by atoms with Gasteiger partial charge in [-0.25, -0.2) is 0 Å². The number of aliphatic hydroxyl groups excluding tert-OH is 2. The van der Waals surface area contributed by atoms with Gasteiger partial charge < -0.3 is 15.5 Å². The standard InChI is InChI=1S/C33H65NO3/c1-3-5-7-9-11-12-13-14-15-16-17-18-19-20-21-22-23-25-27-29-33(37)34-31(30-35)32(36)28-26-24-10-8-6-4-2/h14-15,31-32,35-36H,3-13,16-30H2,1-2H3,(H,34,37)/b15-14-. The Labute approximate surface area is 231 Å². The molecular weight excluding hydrogens is 458 g/mol. The first-order valence-corrected chi connectivity index (χ1v) is 16.4. The Kier molecular flexibility index (Phi) is 29.0. The zero-order chi connectivity index (χ0) is 27.2. The van der Waals surface area contributed by atoms with E-state index >= 15 is 0 Å². The molecule has 0 saturated heterocycles. The molecule has 4 heteroatoms. The molecule has 0 saturated carbocycles. The highest BCUT2D eigenvalue weighted by Gasteiger charge is 2.19. The summed E-state index contributed by atoms with van der Waals surface area (Å²) in [6.45, 7) is 4.28. The summed E-state index contributed by atoms with van der Waals surface area (Å²) in [5.74, 6) is -0.0398. The van der Waals surface area contributed by atoms with E-state index in [1.807, 2.05) is 0 Å². The average molecular weight is 524 g/mol. The lowest BCUT2D eigenvalue weighted by molar-refractivity contribution is -0.123. The molecule has 0 aliphatic rings. The maximum Gasteiger partial charge on any atom is 0.220 e. The first-order valence-electron chi connectivity index (χ1n) is 16.4. The summed E-state index contributed by atoms with van der Waals surface area (Å²) in [5, 5.41) is 22.7. The van der Waals surface area contributed by atoms with E-state index in [1.165, 1.54) is 122 Å². The van der Waals surface area contributed by atoms with E-state index in [1.54, 1.807) is 0 Å². The van der Waals surface area contributed by atoms with E-state index in [9.17, 15) is 15.0 Å². The van der Waals surface area contributed by atoms with Gasteiger partial charge >= 0.3 is 0 Å². The van der Waals surface area contributed by atoms with Gasteiger partial charge in [-0.15, -0.1) is 0 Å². The molecule has 3 N–H and O–H groups in total. The predicted molar refractivity (Wildman–Crippen MR) is 161 cm³/mol.